The molecule has 0 spiro atoms. The topological polar surface area (TPSA) is 94.6 Å². The van der Waals surface area contributed by atoms with Crippen molar-refractivity contribution in [3.8, 4) is 0 Å². The molecule has 2 fully saturated rings. The molecule has 2 aliphatic rings. The number of hydrogen-bond donors (Lipinski definition) is 4. The quantitative estimate of drug-likeness (QED) is 0.280. The largest absolute Gasteiger partial charge is 0.357 e. The predicted octanol–water partition coefficient (Wildman–Crippen LogP) is 0.517. The zero-order chi connectivity index (χ0) is 17.2. The van der Waals surface area contributed by atoms with Crippen LogP contribution in [0.25, 0.3) is 0 Å². The molecule has 0 radical (unpaired) electrons. The first-order valence-electron chi connectivity index (χ1n) is 9.28. The molecule has 0 aliphatic heterocycles. The van der Waals surface area contributed by atoms with Gasteiger partial charge < -0.3 is 21.3 Å². The van der Waals surface area contributed by atoms with E-state index in [1.54, 1.807) is 0 Å². The maximum absolute atomic E-state index is 11.9. The summed E-state index contributed by atoms with van der Waals surface area (Å²) in [6.07, 6.45) is 7.09. The van der Waals surface area contributed by atoms with E-state index >= 15 is 0 Å². The van der Waals surface area contributed by atoms with E-state index in [4.69, 9.17) is 0 Å². The summed E-state index contributed by atoms with van der Waals surface area (Å²) in [4.78, 5) is 27.8. The standard InChI is InChI=1S/C17H31N5O2/c1-2-18-17(21-12-11-19-16(24)13-7-8-13)20-10-9-15(23)22-14-5-3-4-6-14/h13-14H,2-12H2,1H3,(H,19,24)(H,22,23)(H2,18,20,21). The number of guanidine groups is 1. The molecule has 0 unspecified atom stereocenters. The number of nitrogens with zero attached hydrogens (tertiary/aromatic N) is 1. The number of amides is 2. The summed E-state index contributed by atoms with van der Waals surface area (Å²) in [6.45, 7) is 4.43. The van der Waals surface area contributed by atoms with E-state index < -0.39 is 0 Å². The van der Waals surface area contributed by atoms with Crippen LogP contribution in [0.4, 0.5) is 0 Å². The fourth-order valence-corrected chi connectivity index (χ4v) is 2.84. The van der Waals surface area contributed by atoms with Crippen molar-refractivity contribution in [3.05, 3.63) is 0 Å². The van der Waals surface area contributed by atoms with Crippen LogP contribution < -0.4 is 21.3 Å². The van der Waals surface area contributed by atoms with Crippen LogP contribution in [-0.2, 0) is 9.59 Å². The molecule has 0 saturated heterocycles. The third-order valence-corrected chi connectivity index (χ3v) is 4.34. The molecule has 4 N–H and O–H groups in total. The molecule has 2 amide bonds. The fraction of sp³-hybridized carbons (Fsp3) is 0.824. The van der Waals surface area contributed by atoms with E-state index in [0.717, 1.165) is 32.2 Å². The normalized spacial score (nSPS) is 18.3. The highest BCUT2D eigenvalue weighted by molar-refractivity contribution is 5.82. The number of carbonyl (C=O) groups is 2. The molecule has 0 aromatic carbocycles. The molecule has 2 rings (SSSR count). The van der Waals surface area contributed by atoms with E-state index in [2.05, 4.69) is 26.3 Å². The first-order chi connectivity index (χ1) is 11.7. The Morgan fingerprint density at radius 1 is 1.00 bits per heavy atom. The summed E-state index contributed by atoms with van der Waals surface area (Å²) >= 11 is 0. The zero-order valence-corrected chi connectivity index (χ0v) is 14.7. The SMILES string of the molecule is CCNC(=NCCC(=O)NC1CCCC1)NCCNC(=O)C1CC1. The molecule has 2 aliphatic carbocycles. The van der Waals surface area contributed by atoms with Gasteiger partial charge in [-0.2, -0.15) is 0 Å². The van der Waals surface area contributed by atoms with Gasteiger partial charge in [0.15, 0.2) is 5.96 Å². The predicted molar refractivity (Wildman–Crippen MR) is 94.7 cm³/mol. The van der Waals surface area contributed by atoms with Crippen molar-refractivity contribution in [2.45, 2.75) is 57.9 Å². The summed E-state index contributed by atoms with van der Waals surface area (Å²) in [7, 11) is 0. The highest BCUT2D eigenvalue weighted by Crippen LogP contribution is 2.28. The average molecular weight is 337 g/mol. The van der Waals surface area contributed by atoms with Crippen LogP contribution in [0.3, 0.4) is 0 Å². The molecule has 7 nitrogen and oxygen atoms in total. The van der Waals surface area contributed by atoms with Gasteiger partial charge in [0.25, 0.3) is 0 Å². The molecule has 0 atom stereocenters. The molecule has 0 bridgehead atoms. The summed E-state index contributed by atoms with van der Waals surface area (Å²) in [5.41, 5.74) is 0. The highest BCUT2D eigenvalue weighted by Gasteiger charge is 2.28. The van der Waals surface area contributed by atoms with Crippen LogP contribution in [0, 0.1) is 5.92 Å². The van der Waals surface area contributed by atoms with Crippen molar-refractivity contribution in [2.24, 2.45) is 10.9 Å². The number of nitrogens with one attached hydrogen (secondary N) is 4. The molecular weight excluding hydrogens is 306 g/mol. The van der Waals surface area contributed by atoms with Gasteiger partial charge in [-0.25, -0.2) is 0 Å². The molecular formula is C17H31N5O2. The minimum Gasteiger partial charge on any atom is -0.357 e. The van der Waals surface area contributed by atoms with E-state index in [-0.39, 0.29) is 17.7 Å². The maximum Gasteiger partial charge on any atom is 0.223 e. The van der Waals surface area contributed by atoms with Crippen LogP contribution in [-0.4, -0.2) is 50.0 Å². The first-order valence-corrected chi connectivity index (χ1v) is 9.28. The lowest BCUT2D eigenvalue weighted by Crippen LogP contribution is -2.42. The van der Waals surface area contributed by atoms with Gasteiger partial charge in [0.05, 0.1) is 6.54 Å². The minimum absolute atomic E-state index is 0.0817. The van der Waals surface area contributed by atoms with Crippen LogP contribution >= 0.6 is 0 Å². The van der Waals surface area contributed by atoms with Gasteiger partial charge in [-0.3, -0.25) is 14.6 Å². The Morgan fingerprint density at radius 3 is 2.38 bits per heavy atom. The lowest BCUT2D eigenvalue weighted by atomic mass is 10.2. The molecule has 0 heterocycles. The molecule has 24 heavy (non-hydrogen) atoms. The van der Waals surface area contributed by atoms with Gasteiger partial charge in [0, 0.05) is 38.0 Å². The van der Waals surface area contributed by atoms with Gasteiger partial charge in [-0.15, -0.1) is 0 Å². The van der Waals surface area contributed by atoms with Gasteiger partial charge in [0.2, 0.25) is 11.8 Å². The number of hydrogen-bond acceptors (Lipinski definition) is 3. The summed E-state index contributed by atoms with van der Waals surface area (Å²) in [6, 6.07) is 0.364. The smallest absolute Gasteiger partial charge is 0.223 e. The van der Waals surface area contributed by atoms with Crippen molar-refractivity contribution in [1.29, 1.82) is 0 Å². The number of rotatable bonds is 9. The fourth-order valence-electron chi connectivity index (χ4n) is 2.84. The Labute approximate surface area is 144 Å². The maximum atomic E-state index is 11.9. The minimum atomic E-state index is 0.0817. The second-order valence-electron chi connectivity index (χ2n) is 6.55. The van der Waals surface area contributed by atoms with Crippen molar-refractivity contribution in [3.63, 3.8) is 0 Å². The summed E-state index contributed by atoms with van der Waals surface area (Å²) in [5.74, 6) is 1.16. The summed E-state index contributed by atoms with van der Waals surface area (Å²) in [5, 5.41) is 12.3. The molecule has 0 aromatic heterocycles. The number of aliphatic imine (C=N–C) groups is 1. The molecule has 136 valence electrons. The Kier molecular flexibility index (Phi) is 7.85. The highest BCUT2D eigenvalue weighted by atomic mass is 16.2. The molecule has 2 saturated carbocycles. The monoisotopic (exact) mass is 337 g/mol. The Bertz CT molecular complexity index is 442. The van der Waals surface area contributed by atoms with E-state index in [0.29, 0.717) is 38.1 Å². The summed E-state index contributed by atoms with van der Waals surface area (Å²) < 4.78 is 0. The second-order valence-corrected chi connectivity index (χ2v) is 6.55. The van der Waals surface area contributed by atoms with Crippen LogP contribution in [0.2, 0.25) is 0 Å². The van der Waals surface area contributed by atoms with Crippen LogP contribution in [0.5, 0.6) is 0 Å². The Morgan fingerprint density at radius 2 is 1.71 bits per heavy atom. The Balaban J connectivity index is 1.59. The van der Waals surface area contributed by atoms with E-state index in [9.17, 15) is 9.59 Å². The Hall–Kier alpha value is -1.79. The van der Waals surface area contributed by atoms with Crippen molar-refractivity contribution < 1.29 is 9.59 Å². The van der Waals surface area contributed by atoms with Gasteiger partial charge in [-0.05, 0) is 32.6 Å². The van der Waals surface area contributed by atoms with Crippen molar-refractivity contribution in [2.75, 3.05) is 26.2 Å². The van der Waals surface area contributed by atoms with Crippen molar-refractivity contribution >= 4 is 17.8 Å². The van der Waals surface area contributed by atoms with Crippen molar-refractivity contribution in [1.82, 2.24) is 21.3 Å². The van der Waals surface area contributed by atoms with E-state index in [1.807, 2.05) is 6.92 Å². The second kappa shape index (κ2) is 10.2. The lowest BCUT2D eigenvalue weighted by Gasteiger charge is -2.13. The first kappa shape index (κ1) is 18.5. The number of carbonyl (C=O) groups excluding carboxylic acids is 2. The van der Waals surface area contributed by atoms with E-state index in [1.165, 1.54) is 12.8 Å². The lowest BCUT2D eigenvalue weighted by molar-refractivity contribution is -0.122. The molecule has 7 heteroatoms. The van der Waals surface area contributed by atoms with Gasteiger partial charge >= 0.3 is 0 Å². The molecule has 0 aromatic rings. The van der Waals surface area contributed by atoms with Crippen LogP contribution in [0.15, 0.2) is 4.99 Å². The third-order valence-electron chi connectivity index (χ3n) is 4.34. The third kappa shape index (κ3) is 7.19. The average Bonchev–Trinajstić information content (AvgIpc) is 3.30. The van der Waals surface area contributed by atoms with Gasteiger partial charge in [0.1, 0.15) is 0 Å². The van der Waals surface area contributed by atoms with Crippen LogP contribution in [0.1, 0.15) is 51.9 Å². The van der Waals surface area contributed by atoms with Gasteiger partial charge in [-0.1, -0.05) is 12.8 Å². The zero-order valence-electron chi connectivity index (χ0n) is 14.7.